The Morgan fingerprint density at radius 1 is 1.24 bits per heavy atom. The highest BCUT2D eigenvalue weighted by Gasteiger charge is 2.03. The fourth-order valence-electron chi connectivity index (χ4n) is 1.21. The number of nitrogens with zero attached hydrogens (tertiary/aromatic N) is 2. The van der Waals surface area contributed by atoms with Crippen LogP contribution in [0.3, 0.4) is 0 Å². The molecule has 0 aromatic carbocycles. The summed E-state index contributed by atoms with van der Waals surface area (Å²) in [5.74, 6) is 0.598. The molecular weight excluding hydrogens is 220 g/mol. The molecule has 0 aliphatic rings. The van der Waals surface area contributed by atoms with Crippen molar-refractivity contribution in [1.29, 1.82) is 0 Å². The number of hydrogen-bond acceptors (Lipinski definition) is 6. The summed E-state index contributed by atoms with van der Waals surface area (Å²) in [5, 5.41) is 13.9. The Morgan fingerprint density at radius 3 is 2.88 bits per heavy atom. The smallest absolute Gasteiger partial charge is 0.315 e. The van der Waals surface area contributed by atoms with Crippen molar-refractivity contribution < 1.29 is 9.15 Å². The van der Waals surface area contributed by atoms with Crippen LogP contribution >= 0.6 is 0 Å². The van der Waals surface area contributed by atoms with E-state index in [1.807, 2.05) is 6.92 Å². The van der Waals surface area contributed by atoms with Crippen LogP contribution in [0.15, 0.2) is 4.42 Å². The van der Waals surface area contributed by atoms with Crippen molar-refractivity contribution in [2.45, 2.75) is 33.2 Å². The highest BCUT2D eigenvalue weighted by atomic mass is 16.5. The summed E-state index contributed by atoms with van der Waals surface area (Å²) in [6, 6.07) is 0.456. The Balaban J connectivity index is 2.08. The van der Waals surface area contributed by atoms with E-state index < -0.39 is 0 Å². The largest absolute Gasteiger partial charge is 0.407 e. The van der Waals surface area contributed by atoms with E-state index in [0.29, 0.717) is 31.6 Å². The summed E-state index contributed by atoms with van der Waals surface area (Å²) in [6.07, 6.45) is 2.26. The second-order valence-electron chi connectivity index (χ2n) is 3.67. The zero-order chi connectivity index (χ0) is 12.3. The molecule has 6 nitrogen and oxygen atoms in total. The molecule has 0 atom stereocenters. The zero-order valence-corrected chi connectivity index (χ0v) is 10.7. The number of aromatic nitrogens is 2. The van der Waals surface area contributed by atoms with Gasteiger partial charge in [-0.1, -0.05) is 25.4 Å². The lowest BCUT2D eigenvalue weighted by Gasteiger charge is -2.02. The first-order chi connectivity index (χ1) is 8.36. The van der Waals surface area contributed by atoms with Gasteiger partial charge >= 0.3 is 6.01 Å². The Morgan fingerprint density at radius 2 is 2.12 bits per heavy atom. The van der Waals surface area contributed by atoms with Gasteiger partial charge in [-0.15, -0.1) is 5.10 Å². The molecule has 0 aliphatic heterocycles. The predicted octanol–water partition coefficient (Wildman–Crippen LogP) is 1.41. The number of nitrogens with one attached hydrogen (secondary N) is 2. The molecule has 1 aromatic rings. The highest BCUT2D eigenvalue weighted by Crippen LogP contribution is 2.04. The first-order valence-electron chi connectivity index (χ1n) is 6.21. The van der Waals surface area contributed by atoms with Crippen LogP contribution in [0.2, 0.25) is 0 Å². The Labute approximate surface area is 102 Å². The van der Waals surface area contributed by atoms with E-state index in [1.54, 1.807) is 0 Å². The standard InChI is InChI=1S/C11H22N4O2/c1-3-5-7-16-8-6-13-11-15-14-10(17-11)9-12-4-2/h12H,3-9H2,1-2H3,(H,13,15). The number of hydrogen-bond donors (Lipinski definition) is 2. The minimum atomic E-state index is 0.456. The maximum Gasteiger partial charge on any atom is 0.315 e. The minimum Gasteiger partial charge on any atom is -0.407 e. The summed E-state index contributed by atoms with van der Waals surface area (Å²) in [5.41, 5.74) is 0. The van der Waals surface area contributed by atoms with Crippen LogP contribution in [-0.4, -0.2) is 36.5 Å². The molecule has 0 radical (unpaired) electrons. The van der Waals surface area contributed by atoms with Crippen molar-refractivity contribution in [1.82, 2.24) is 15.5 Å². The van der Waals surface area contributed by atoms with E-state index in [1.165, 1.54) is 0 Å². The third-order valence-electron chi connectivity index (χ3n) is 2.16. The van der Waals surface area contributed by atoms with Gasteiger partial charge in [0.25, 0.3) is 0 Å². The van der Waals surface area contributed by atoms with Crippen LogP contribution in [-0.2, 0) is 11.3 Å². The second kappa shape index (κ2) is 8.95. The van der Waals surface area contributed by atoms with E-state index in [2.05, 4.69) is 27.8 Å². The van der Waals surface area contributed by atoms with Gasteiger partial charge in [0.05, 0.1) is 13.2 Å². The maximum absolute atomic E-state index is 5.40. The van der Waals surface area contributed by atoms with Crippen molar-refractivity contribution in [2.75, 3.05) is 31.6 Å². The minimum absolute atomic E-state index is 0.456. The molecule has 98 valence electrons. The molecule has 1 heterocycles. The SMILES string of the molecule is CCCCOCCNc1nnc(CNCC)o1. The molecule has 0 unspecified atom stereocenters. The topological polar surface area (TPSA) is 72.2 Å². The average molecular weight is 242 g/mol. The first kappa shape index (κ1) is 13.9. The van der Waals surface area contributed by atoms with E-state index in [4.69, 9.17) is 9.15 Å². The molecule has 0 saturated heterocycles. The van der Waals surface area contributed by atoms with Gasteiger partial charge in [-0.05, 0) is 13.0 Å². The molecular formula is C11H22N4O2. The molecule has 0 spiro atoms. The Kier molecular flexibility index (Phi) is 7.33. The van der Waals surface area contributed by atoms with Gasteiger partial charge in [0, 0.05) is 13.2 Å². The van der Waals surface area contributed by atoms with Crippen molar-refractivity contribution >= 4 is 6.01 Å². The number of rotatable bonds is 10. The summed E-state index contributed by atoms with van der Waals surface area (Å²) in [7, 11) is 0. The van der Waals surface area contributed by atoms with Gasteiger partial charge < -0.3 is 19.8 Å². The molecule has 0 saturated carbocycles. The number of anilines is 1. The van der Waals surface area contributed by atoms with Gasteiger partial charge in [0.2, 0.25) is 5.89 Å². The molecule has 0 fully saturated rings. The van der Waals surface area contributed by atoms with Gasteiger partial charge in [-0.2, -0.15) is 0 Å². The fraction of sp³-hybridized carbons (Fsp3) is 0.818. The molecule has 1 rings (SSSR count). The van der Waals surface area contributed by atoms with E-state index in [0.717, 1.165) is 26.0 Å². The average Bonchev–Trinajstić information content (AvgIpc) is 2.79. The van der Waals surface area contributed by atoms with Gasteiger partial charge in [0.15, 0.2) is 0 Å². The molecule has 1 aromatic heterocycles. The first-order valence-corrected chi connectivity index (χ1v) is 6.21. The van der Waals surface area contributed by atoms with E-state index in [-0.39, 0.29) is 0 Å². The number of unbranched alkanes of at least 4 members (excludes halogenated alkanes) is 1. The van der Waals surface area contributed by atoms with Crippen LogP contribution in [0.25, 0.3) is 0 Å². The highest BCUT2D eigenvalue weighted by molar-refractivity contribution is 5.16. The summed E-state index contributed by atoms with van der Waals surface area (Å²) in [4.78, 5) is 0. The fourth-order valence-corrected chi connectivity index (χ4v) is 1.21. The third-order valence-corrected chi connectivity index (χ3v) is 2.16. The van der Waals surface area contributed by atoms with Gasteiger partial charge in [-0.3, -0.25) is 0 Å². The van der Waals surface area contributed by atoms with Crippen LogP contribution in [0.4, 0.5) is 6.01 Å². The third kappa shape index (κ3) is 6.23. The molecule has 0 bridgehead atoms. The van der Waals surface area contributed by atoms with E-state index in [9.17, 15) is 0 Å². The zero-order valence-electron chi connectivity index (χ0n) is 10.7. The van der Waals surface area contributed by atoms with Crippen LogP contribution in [0.5, 0.6) is 0 Å². The van der Waals surface area contributed by atoms with Crippen molar-refractivity contribution in [3.63, 3.8) is 0 Å². The van der Waals surface area contributed by atoms with E-state index >= 15 is 0 Å². The summed E-state index contributed by atoms with van der Waals surface area (Å²) >= 11 is 0. The molecule has 6 heteroatoms. The van der Waals surface area contributed by atoms with Crippen molar-refractivity contribution in [2.24, 2.45) is 0 Å². The van der Waals surface area contributed by atoms with Crippen molar-refractivity contribution in [3.05, 3.63) is 5.89 Å². The quantitative estimate of drug-likeness (QED) is 0.604. The second-order valence-corrected chi connectivity index (χ2v) is 3.67. The molecule has 0 amide bonds. The van der Waals surface area contributed by atoms with Crippen molar-refractivity contribution in [3.8, 4) is 0 Å². The monoisotopic (exact) mass is 242 g/mol. The van der Waals surface area contributed by atoms with Crippen LogP contribution < -0.4 is 10.6 Å². The normalized spacial score (nSPS) is 10.7. The van der Waals surface area contributed by atoms with Gasteiger partial charge in [0.1, 0.15) is 0 Å². The Hall–Kier alpha value is -1.14. The van der Waals surface area contributed by atoms with Gasteiger partial charge in [-0.25, -0.2) is 0 Å². The molecule has 2 N–H and O–H groups in total. The predicted molar refractivity (Wildman–Crippen MR) is 65.9 cm³/mol. The summed E-state index contributed by atoms with van der Waals surface area (Å²) in [6.45, 7) is 7.83. The number of ether oxygens (including phenoxy) is 1. The lowest BCUT2D eigenvalue weighted by molar-refractivity contribution is 0.140. The van der Waals surface area contributed by atoms with Crippen LogP contribution in [0.1, 0.15) is 32.6 Å². The lowest BCUT2D eigenvalue weighted by Crippen LogP contribution is -2.11. The van der Waals surface area contributed by atoms with Crippen LogP contribution in [0, 0.1) is 0 Å². The molecule has 0 aliphatic carbocycles. The Bertz CT molecular complexity index is 291. The lowest BCUT2D eigenvalue weighted by atomic mass is 10.4. The molecule has 17 heavy (non-hydrogen) atoms. The summed E-state index contributed by atoms with van der Waals surface area (Å²) < 4.78 is 10.8. The maximum atomic E-state index is 5.40.